The van der Waals surface area contributed by atoms with Crippen molar-refractivity contribution >= 4 is 5.69 Å². The third-order valence-electron chi connectivity index (χ3n) is 2.70. The molecule has 0 aliphatic heterocycles. The fraction of sp³-hybridized carbons (Fsp3) is 0.286. The van der Waals surface area contributed by atoms with Crippen LogP contribution in [0.2, 0.25) is 0 Å². The van der Waals surface area contributed by atoms with E-state index < -0.39 is 11.9 Å². The van der Waals surface area contributed by atoms with Crippen LogP contribution in [0.3, 0.4) is 0 Å². The van der Waals surface area contributed by atoms with Crippen LogP contribution in [0, 0.1) is 6.92 Å². The number of anilines is 1. The van der Waals surface area contributed by atoms with E-state index in [2.05, 4.69) is 15.3 Å². The Hall–Kier alpha value is -2.11. The summed E-state index contributed by atoms with van der Waals surface area (Å²) in [5.74, 6) is 0. The maximum atomic E-state index is 13.0. The Morgan fingerprint density at radius 3 is 2.55 bits per heavy atom. The summed E-state index contributed by atoms with van der Waals surface area (Å²) >= 11 is 0. The highest BCUT2D eigenvalue weighted by atomic mass is 19.4. The largest absolute Gasteiger partial charge is 0.435 e. The number of nitrogens with zero attached hydrogens (tertiary/aromatic N) is 2. The van der Waals surface area contributed by atoms with E-state index in [4.69, 9.17) is 0 Å². The number of pyridine rings is 2. The Kier molecular flexibility index (Phi) is 3.92. The number of hydrogen-bond acceptors (Lipinski definition) is 3. The fourth-order valence-electron chi connectivity index (χ4n) is 1.86. The van der Waals surface area contributed by atoms with E-state index in [1.165, 1.54) is 12.3 Å². The van der Waals surface area contributed by atoms with Gasteiger partial charge in [-0.25, -0.2) is 4.98 Å². The van der Waals surface area contributed by atoms with Crippen LogP contribution in [0.25, 0.3) is 11.3 Å². The van der Waals surface area contributed by atoms with E-state index in [0.29, 0.717) is 12.1 Å². The normalized spacial score (nSPS) is 11.4. The minimum absolute atomic E-state index is 0.00985. The maximum Gasteiger partial charge on any atom is 0.435 e. The van der Waals surface area contributed by atoms with Crippen molar-refractivity contribution in [2.24, 2.45) is 0 Å². The van der Waals surface area contributed by atoms with E-state index in [-0.39, 0.29) is 11.4 Å². The molecule has 0 amide bonds. The van der Waals surface area contributed by atoms with Gasteiger partial charge in [-0.15, -0.1) is 0 Å². The number of aromatic nitrogens is 2. The average molecular weight is 281 g/mol. The Morgan fingerprint density at radius 1 is 1.20 bits per heavy atom. The van der Waals surface area contributed by atoms with Crippen LogP contribution in [0.1, 0.15) is 18.2 Å². The molecule has 3 nitrogen and oxygen atoms in total. The second-order valence-corrected chi connectivity index (χ2v) is 4.37. The quantitative estimate of drug-likeness (QED) is 0.927. The molecular weight excluding hydrogens is 267 g/mol. The van der Waals surface area contributed by atoms with Crippen molar-refractivity contribution < 1.29 is 13.2 Å². The van der Waals surface area contributed by atoms with Crippen molar-refractivity contribution in [3.05, 3.63) is 41.9 Å². The van der Waals surface area contributed by atoms with Gasteiger partial charge in [0.25, 0.3) is 0 Å². The smallest absolute Gasteiger partial charge is 0.384 e. The van der Waals surface area contributed by atoms with Crippen LogP contribution >= 0.6 is 0 Å². The zero-order valence-electron chi connectivity index (χ0n) is 11.1. The number of alkyl halides is 3. The highest BCUT2D eigenvalue weighted by Gasteiger charge is 2.35. The summed E-state index contributed by atoms with van der Waals surface area (Å²) in [7, 11) is 0. The molecule has 0 spiro atoms. The number of rotatable bonds is 3. The lowest BCUT2D eigenvalue weighted by atomic mass is 10.1. The van der Waals surface area contributed by atoms with Crippen LogP contribution in [0.5, 0.6) is 0 Å². The number of nitrogens with one attached hydrogen (secondary N) is 1. The predicted octanol–water partition coefficient (Wildman–Crippen LogP) is 3.90. The van der Waals surface area contributed by atoms with Gasteiger partial charge < -0.3 is 5.32 Å². The lowest BCUT2D eigenvalue weighted by molar-refractivity contribution is -0.140. The molecule has 6 heteroatoms. The van der Waals surface area contributed by atoms with Crippen molar-refractivity contribution in [3.8, 4) is 11.3 Å². The Morgan fingerprint density at radius 2 is 1.95 bits per heavy atom. The zero-order valence-corrected chi connectivity index (χ0v) is 11.1. The first-order valence-electron chi connectivity index (χ1n) is 6.16. The first-order valence-corrected chi connectivity index (χ1v) is 6.16. The number of aryl methyl sites for hydroxylation is 1. The van der Waals surface area contributed by atoms with Crippen LogP contribution in [0.4, 0.5) is 18.9 Å². The molecule has 20 heavy (non-hydrogen) atoms. The van der Waals surface area contributed by atoms with Crippen molar-refractivity contribution in [3.63, 3.8) is 0 Å². The van der Waals surface area contributed by atoms with E-state index in [0.717, 1.165) is 5.56 Å². The molecule has 0 radical (unpaired) electrons. The third kappa shape index (κ3) is 3.07. The molecule has 0 atom stereocenters. The van der Waals surface area contributed by atoms with E-state index >= 15 is 0 Å². The standard InChI is InChI=1S/C14H14F3N3/c1-3-19-12-5-4-11(20-13(12)14(15,16)17)10-6-9(2)7-18-8-10/h4-8,19H,3H2,1-2H3. The molecule has 0 aliphatic rings. The Balaban J connectivity index is 2.52. The van der Waals surface area contributed by atoms with E-state index in [1.807, 2.05) is 6.92 Å². The molecule has 1 N–H and O–H groups in total. The predicted molar refractivity (Wildman–Crippen MR) is 71.4 cm³/mol. The summed E-state index contributed by atoms with van der Waals surface area (Å²) in [5.41, 5.74) is 0.782. The highest BCUT2D eigenvalue weighted by molar-refractivity contribution is 5.63. The topological polar surface area (TPSA) is 37.8 Å². The van der Waals surface area contributed by atoms with Crippen LogP contribution < -0.4 is 5.32 Å². The van der Waals surface area contributed by atoms with Gasteiger partial charge in [-0.1, -0.05) is 0 Å². The molecule has 2 aromatic heterocycles. The molecule has 0 aromatic carbocycles. The van der Waals surface area contributed by atoms with Crippen molar-refractivity contribution in [2.75, 3.05) is 11.9 Å². The van der Waals surface area contributed by atoms with Crippen LogP contribution in [-0.4, -0.2) is 16.5 Å². The minimum Gasteiger partial charge on any atom is -0.384 e. The molecule has 0 unspecified atom stereocenters. The van der Waals surface area contributed by atoms with Gasteiger partial charge in [0.05, 0.1) is 11.4 Å². The van der Waals surface area contributed by atoms with Gasteiger partial charge >= 0.3 is 6.18 Å². The fourth-order valence-corrected chi connectivity index (χ4v) is 1.86. The van der Waals surface area contributed by atoms with Crippen LogP contribution in [0.15, 0.2) is 30.6 Å². The highest BCUT2D eigenvalue weighted by Crippen LogP contribution is 2.34. The maximum absolute atomic E-state index is 13.0. The molecule has 106 valence electrons. The monoisotopic (exact) mass is 281 g/mol. The molecule has 0 aliphatic carbocycles. The van der Waals surface area contributed by atoms with E-state index in [9.17, 15) is 13.2 Å². The molecule has 0 bridgehead atoms. The lowest BCUT2D eigenvalue weighted by Crippen LogP contribution is -2.13. The summed E-state index contributed by atoms with van der Waals surface area (Å²) in [5, 5.41) is 2.67. The SMILES string of the molecule is CCNc1ccc(-c2cncc(C)c2)nc1C(F)(F)F. The van der Waals surface area contributed by atoms with Gasteiger partial charge in [0.1, 0.15) is 0 Å². The molecule has 2 heterocycles. The van der Waals surface area contributed by atoms with Crippen molar-refractivity contribution in [1.29, 1.82) is 0 Å². The average Bonchev–Trinajstić information content (AvgIpc) is 2.38. The third-order valence-corrected chi connectivity index (χ3v) is 2.70. The summed E-state index contributed by atoms with van der Waals surface area (Å²) in [6, 6.07) is 4.71. The number of hydrogen-bond donors (Lipinski definition) is 1. The van der Waals surface area contributed by atoms with Gasteiger partial charge in [0, 0.05) is 24.5 Å². The molecule has 2 aromatic rings. The van der Waals surface area contributed by atoms with Gasteiger partial charge in [-0.2, -0.15) is 13.2 Å². The van der Waals surface area contributed by atoms with Gasteiger partial charge in [0.15, 0.2) is 5.69 Å². The van der Waals surface area contributed by atoms with Crippen molar-refractivity contribution in [1.82, 2.24) is 9.97 Å². The Labute approximate surface area is 114 Å². The molecular formula is C14H14F3N3. The minimum atomic E-state index is -4.50. The molecule has 2 rings (SSSR count). The van der Waals surface area contributed by atoms with Crippen molar-refractivity contribution in [2.45, 2.75) is 20.0 Å². The van der Waals surface area contributed by atoms with Gasteiger partial charge in [-0.05, 0) is 37.6 Å². The zero-order chi connectivity index (χ0) is 14.8. The summed E-state index contributed by atoms with van der Waals surface area (Å²) < 4.78 is 39.1. The first kappa shape index (κ1) is 14.3. The van der Waals surface area contributed by atoms with E-state index in [1.54, 1.807) is 25.3 Å². The number of halogens is 3. The lowest BCUT2D eigenvalue weighted by Gasteiger charge is -2.14. The summed E-state index contributed by atoms with van der Waals surface area (Å²) in [6.45, 7) is 3.96. The Bertz CT molecular complexity index is 609. The second-order valence-electron chi connectivity index (χ2n) is 4.37. The van der Waals surface area contributed by atoms with Crippen LogP contribution in [-0.2, 0) is 6.18 Å². The second kappa shape index (κ2) is 5.48. The summed E-state index contributed by atoms with van der Waals surface area (Å²) in [4.78, 5) is 7.72. The van der Waals surface area contributed by atoms with Gasteiger partial charge in [0.2, 0.25) is 0 Å². The molecule has 0 fully saturated rings. The molecule has 0 saturated heterocycles. The summed E-state index contributed by atoms with van der Waals surface area (Å²) in [6.07, 6.45) is -1.35. The first-order chi connectivity index (χ1) is 9.41. The van der Waals surface area contributed by atoms with Gasteiger partial charge in [-0.3, -0.25) is 4.98 Å². The molecule has 0 saturated carbocycles.